The van der Waals surface area contributed by atoms with E-state index in [9.17, 15) is 9.59 Å². The molecule has 0 bridgehead atoms. The van der Waals surface area contributed by atoms with Gasteiger partial charge in [0.1, 0.15) is 0 Å². The number of nitrogens with zero attached hydrogens (tertiary/aromatic N) is 1. The van der Waals surface area contributed by atoms with Crippen molar-refractivity contribution in [3.63, 3.8) is 0 Å². The third kappa shape index (κ3) is 2.09. The lowest BCUT2D eigenvalue weighted by Crippen LogP contribution is -2.30. The van der Waals surface area contributed by atoms with Gasteiger partial charge in [-0.2, -0.15) is 0 Å². The molecule has 1 aliphatic heterocycles. The number of carbonyl (C=O) groups is 2. The molecule has 0 radical (unpaired) electrons. The van der Waals surface area contributed by atoms with E-state index in [4.69, 9.17) is 0 Å². The molecule has 2 atom stereocenters. The normalized spacial score (nSPS) is 25.8. The first-order valence-corrected chi connectivity index (χ1v) is 6.72. The van der Waals surface area contributed by atoms with Gasteiger partial charge in [0.05, 0.1) is 18.4 Å². The Balaban J connectivity index is 1.82. The Labute approximate surface area is 112 Å². The van der Waals surface area contributed by atoms with Crippen LogP contribution in [0.5, 0.6) is 0 Å². The zero-order chi connectivity index (χ0) is 13.4. The number of aryl methyl sites for hydroxylation is 1. The number of hydrogen-bond acceptors (Lipinski definition) is 2. The molecule has 1 heterocycles. The Morgan fingerprint density at radius 1 is 1.11 bits per heavy atom. The van der Waals surface area contributed by atoms with E-state index in [-0.39, 0.29) is 23.7 Å². The van der Waals surface area contributed by atoms with Crippen LogP contribution in [0.3, 0.4) is 0 Å². The van der Waals surface area contributed by atoms with Crippen molar-refractivity contribution in [1.82, 2.24) is 4.90 Å². The number of likely N-dealkylation sites (tertiary alicyclic amines) is 1. The van der Waals surface area contributed by atoms with E-state index in [1.54, 1.807) is 0 Å². The molecule has 2 unspecified atom stereocenters. The lowest BCUT2D eigenvalue weighted by Gasteiger charge is -2.15. The summed E-state index contributed by atoms with van der Waals surface area (Å²) in [5, 5.41) is 0. The van der Waals surface area contributed by atoms with Crippen LogP contribution in [0.1, 0.15) is 24.0 Å². The van der Waals surface area contributed by atoms with Gasteiger partial charge >= 0.3 is 0 Å². The highest BCUT2D eigenvalue weighted by Gasteiger charge is 2.46. The van der Waals surface area contributed by atoms with Crippen molar-refractivity contribution in [2.75, 3.05) is 0 Å². The number of amides is 2. The highest BCUT2D eigenvalue weighted by molar-refractivity contribution is 6.05. The Bertz CT molecular complexity index is 536. The van der Waals surface area contributed by atoms with Gasteiger partial charge in [-0.1, -0.05) is 42.0 Å². The van der Waals surface area contributed by atoms with Crippen LogP contribution in [0.25, 0.3) is 0 Å². The summed E-state index contributed by atoms with van der Waals surface area (Å²) in [6, 6.07) is 7.97. The molecule has 1 saturated heterocycles. The first-order chi connectivity index (χ1) is 9.16. The molecule has 1 aromatic carbocycles. The van der Waals surface area contributed by atoms with Crippen LogP contribution in [-0.2, 0) is 16.1 Å². The van der Waals surface area contributed by atoms with Crippen molar-refractivity contribution in [2.24, 2.45) is 11.8 Å². The molecule has 0 saturated carbocycles. The van der Waals surface area contributed by atoms with E-state index in [2.05, 4.69) is 0 Å². The van der Waals surface area contributed by atoms with Crippen LogP contribution in [0.15, 0.2) is 36.4 Å². The second-order valence-electron chi connectivity index (χ2n) is 5.41. The molecule has 0 N–H and O–H groups in total. The highest BCUT2D eigenvalue weighted by atomic mass is 16.2. The molecule has 1 aliphatic carbocycles. The molecule has 0 spiro atoms. The lowest BCUT2D eigenvalue weighted by molar-refractivity contribution is -0.140. The van der Waals surface area contributed by atoms with Crippen LogP contribution in [-0.4, -0.2) is 16.7 Å². The number of carbonyl (C=O) groups excluding carboxylic acids is 2. The zero-order valence-electron chi connectivity index (χ0n) is 11.0. The summed E-state index contributed by atoms with van der Waals surface area (Å²) in [7, 11) is 0. The average Bonchev–Trinajstić information content (AvgIpc) is 2.65. The van der Waals surface area contributed by atoms with Crippen molar-refractivity contribution in [1.29, 1.82) is 0 Å². The first kappa shape index (κ1) is 12.2. The fourth-order valence-electron chi connectivity index (χ4n) is 3.02. The van der Waals surface area contributed by atoms with Gasteiger partial charge in [0.15, 0.2) is 0 Å². The zero-order valence-corrected chi connectivity index (χ0v) is 11.0. The number of allylic oxidation sites excluding steroid dienone is 2. The predicted molar refractivity (Wildman–Crippen MR) is 72.1 cm³/mol. The number of imide groups is 1. The Hall–Kier alpha value is -1.90. The maximum absolute atomic E-state index is 12.3. The summed E-state index contributed by atoms with van der Waals surface area (Å²) in [5.41, 5.74) is 2.17. The molecular weight excluding hydrogens is 238 g/mol. The molecule has 2 amide bonds. The molecule has 19 heavy (non-hydrogen) atoms. The van der Waals surface area contributed by atoms with Crippen molar-refractivity contribution < 1.29 is 9.59 Å². The van der Waals surface area contributed by atoms with E-state index in [0.29, 0.717) is 19.4 Å². The molecule has 0 aromatic heterocycles. The van der Waals surface area contributed by atoms with Crippen LogP contribution in [0, 0.1) is 18.8 Å². The predicted octanol–water partition coefficient (Wildman–Crippen LogP) is 2.45. The van der Waals surface area contributed by atoms with Crippen LogP contribution in [0.2, 0.25) is 0 Å². The summed E-state index contributed by atoms with van der Waals surface area (Å²) in [5.74, 6) is -0.244. The smallest absolute Gasteiger partial charge is 0.233 e. The minimum atomic E-state index is -0.123. The number of benzene rings is 1. The summed E-state index contributed by atoms with van der Waals surface area (Å²) in [6.07, 6.45) is 5.45. The summed E-state index contributed by atoms with van der Waals surface area (Å²) in [4.78, 5) is 26.1. The van der Waals surface area contributed by atoms with Gasteiger partial charge in [-0.3, -0.25) is 14.5 Å². The largest absolute Gasteiger partial charge is 0.278 e. The standard InChI is InChI=1S/C16H17NO2/c1-11-5-4-6-12(9-11)10-17-15(18)13-7-2-3-8-14(13)16(17)19/h2-6,9,13-14H,7-8,10H2,1H3. The monoisotopic (exact) mass is 255 g/mol. The Morgan fingerprint density at radius 2 is 1.74 bits per heavy atom. The topological polar surface area (TPSA) is 37.4 Å². The molecular formula is C16H17NO2. The molecule has 3 nitrogen and oxygen atoms in total. The van der Waals surface area contributed by atoms with E-state index < -0.39 is 0 Å². The summed E-state index contributed by atoms with van der Waals surface area (Å²) < 4.78 is 0. The van der Waals surface area contributed by atoms with Crippen molar-refractivity contribution >= 4 is 11.8 Å². The van der Waals surface area contributed by atoms with E-state index in [1.807, 2.05) is 43.3 Å². The number of rotatable bonds is 2. The van der Waals surface area contributed by atoms with Gasteiger partial charge in [0, 0.05) is 0 Å². The van der Waals surface area contributed by atoms with Crippen LogP contribution in [0.4, 0.5) is 0 Å². The Kier molecular flexibility index (Phi) is 2.97. The molecule has 98 valence electrons. The van der Waals surface area contributed by atoms with Gasteiger partial charge in [0.2, 0.25) is 11.8 Å². The van der Waals surface area contributed by atoms with Gasteiger partial charge in [-0.25, -0.2) is 0 Å². The summed E-state index contributed by atoms with van der Waals surface area (Å²) >= 11 is 0. The lowest BCUT2D eigenvalue weighted by atomic mass is 9.85. The molecule has 3 heteroatoms. The van der Waals surface area contributed by atoms with E-state index in [0.717, 1.165) is 11.1 Å². The average molecular weight is 255 g/mol. The van der Waals surface area contributed by atoms with Crippen molar-refractivity contribution in [3.05, 3.63) is 47.5 Å². The van der Waals surface area contributed by atoms with Crippen LogP contribution >= 0.6 is 0 Å². The third-order valence-corrected chi connectivity index (χ3v) is 4.02. The van der Waals surface area contributed by atoms with Gasteiger partial charge in [-0.15, -0.1) is 0 Å². The van der Waals surface area contributed by atoms with Gasteiger partial charge < -0.3 is 0 Å². The number of fused-ring (bicyclic) bond motifs is 1. The maximum atomic E-state index is 12.3. The molecule has 3 rings (SSSR count). The maximum Gasteiger partial charge on any atom is 0.233 e. The highest BCUT2D eigenvalue weighted by Crippen LogP contribution is 2.35. The quantitative estimate of drug-likeness (QED) is 0.601. The second-order valence-corrected chi connectivity index (χ2v) is 5.41. The molecule has 1 aromatic rings. The third-order valence-electron chi connectivity index (χ3n) is 4.02. The van der Waals surface area contributed by atoms with Gasteiger partial charge in [-0.05, 0) is 25.3 Å². The minimum Gasteiger partial charge on any atom is -0.278 e. The molecule has 1 fully saturated rings. The summed E-state index contributed by atoms with van der Waals surface area (Å²) in [6.45, 7) is 2.42. The second kappa shape index (κ2) is 4.65. The fraction of sp³-hybridized carbons (Fsp3) is 0.375. The van der Waals surface area contributed by atoms with Crippen molar-refractivity contribution in [3.8, 4) is 0 Å². The minimum absolute atomic E-state index is 0.000793. The van der Waals surface area contributed by atoms with E-state index in [1.165, 1.54) is 4.90 Å². The van der Waals surface area contributed by atoms with Crippen LogP contribution < -0.4 is 0 Å². The van der Waals surface area contributed by atoms with E-state index >= 15 is 0 Å². The van der Waals surface area contributed by atoms with Gasteiger partial charge in [0.25, 0.3) is 0 Å². The Morgan fingerprint density at radius 3 is 2.32 bits per heavy atom. The van der Waals surface area contributed by atoms with Crippen molar-refractivity contribution in [2.45, 2.75) is 26.3 Å². The SMILES string of the molecule is Cc1cccc(CN2C(=O)C3CC=CCC3C2=O)c1. The fourth-order valence-corrected chi connectivity index (χ4v) is 3.02. The first-order valence-electron chi connectivity index (χ1n) is 6.72. The number of hydrogen-bond donors (Lipinski definition) is 0. The molecule has 2 aliphatic rings.